The summed E-state index contributed by atoms with van der Waals surface area (Å²) in [5.74, 6) is 0.125. The highest BCUT2D eigenvalue weighted by Gasteiger charge is 2.25. The van der Waals surface area contributed by atoms with E-state index in [1.54, 1.807) is 0 Å². The van der Waals surface area contributed by atoms with Gasteiger partial charge < -0.3 is 5.73 Å². The highest BCUT2D eigenvalue weighted by molar-refractivity contribution is 7.89. The first-order valence-corrected chi connectivity index (χ1v) is 8.51. The molecule has 5 heteroatoms. The van der Waals surface area contributed by atoms with E-state index in [1.807, 2.05) is 30.3 Å². The van der Waals surface area contributed by atoms with Gasteiger partial charge in [-0.05, 0) is 24.8 Å². The second-order valence-corrected chi connectivity index (χ2v) is 7.10. The van der Waals surface area contributed by atoms with Gasteiger partial charge in [-0.1, -0.05) is 43.2 Å². The summed E-state index contributed by atoms with van der Waals surface area (Å²) in [4.78, 5) is 0. The Balaban J connectivity index is 1.88. The fraction of sp³-hybridized carbons (Fsp3) is 0.571. The summed E-state index contributed by atoms with van der Waals surface area (Å²) in [6, 6.07) is 9.54. The quantitative estimate of drug-likeness (QED) is 0.858. The maximum Gasteiger partial charge on any atom is 0.212 e. The molecule has 2 rings (SSSR count). The Hall–Kier alpha value is -0.910. The first-order valence-electron chi connectivity index (χ1n) is 6.86. The summed E-state index contributed by atoms with van der Waals surface area (Å²) >= 11 is 0. The highest BCUT2D eigenvalue weighted by Crippen LogP contribution is 2.17. The molecule has 19 heavy (non-hydrogen) atoms. The molecule has 2 atom stereocenters. The van der Waals surface area contributed by atoms with Crippen molar-refractivity contribution in [1.82, 2.24) is 4.72 Å². The number of nitrogens with one attached hydrogen (secondary N) is 1. The standard InChI is InChI=1S/C14H22N2O2S/c15-13-8-4-5-9-14(13)16-19(17,18)11-10-12-6-2-1-3-7-12/h1-3,6-7,13-14,16H,4-5,8-11,15H2/t13-,14-/m1/s1. The van der Waals surface area contributed by atoms with Crippen LogP contribution in [0.2, 0.25) is 0 Å². The van der Waals surface area contributed by atoms with Crippen molar-refractivity contribution >= 4 is 10.0 Å². The second-order valence-electron chi connectivity index (χ2n) is 5.23. The van der Waals surface area contributed by atoms with Gasteiger partial charge in [-0.2, -0.15) is 0 Å². The van der Waals surface area contributed by atoms with Crippen molar-refractivity contribution in [3.63, 3.8) is 0 Å². The summed E-state index contributed by atoms with van der Waals surface area (Å²) in [5, 5.41) is 0. The van der Waals surface area contributed by atoms with E-state index >= 15 is 0 Å². The lowest BCUT2D eigenvalue weighted by molar-refractivity contribution is 0.361. The third kappa shape index (κ3) is 4.60. The van der Waals surface area contributed by atoms with E-state index in [-0.39, 0.29) is 17.8 Å². The first kappa shape index (κ1) is 14.5. The Labute approximate surface area is 115 Å². The number of sulfonamides is 1. The van der Waals surface area contributed by atoms with Gasteiger partial charge in [0.2, 0.25) is 10.0 Å². The number of hydrogen-bond donors (Lipinski definition) is 2. The van der Waals surface area contributed by atoms with E-state index in [1.165, 1.54) is 0 Å². The highest BCUT2D eigenvalue weighted by atomic mass is 32.2. The predicted molar refractivity (Wildman–Crippen MR) is 77.3 cm³/mol. The van der Waals surface area contributed by atoms with Gasteiger partial charge in [-0.25, -0.2) is 13.1 Å². The normalized spacial score (nSPS) is 24.3. The van der Waals surface area contributed by atoms with Crippen molar-refractivity contribution in [2.75, 3.05) is 5.75 Å². The topological polar surface area (TPSA) is 72.2 Å². The molecular weight excluding hydrogens is 260 g/mol. The molecule has 3 N–H and O–H groups in total. The number of rotatable bonds is 5. The number of hydrogen-bond acceptors (Lipinski definition) is 3. The van der Waals surface area contributed by atoms with Gasteiger partial charge in [0.05, 0.1) is 5.75 Å². The summed E-state index contributed by atoms with van der Waals surface area (Å²) in [6.07, 6.45) is 4.46. The molecule has 0 amide bonds. The van der Waals surface area contributed by atoms with Crippen LogP contribution in [0.1, 0.15) is 31.2 Å². The molecule has 1 aromatic carbocycles. The van der Waals surface area contributed by atoms with Crippen molar-refractivity contribution in [3.8, 4) is 0 Å². The summed E-state index contributed by atoms with van der Waals surface area (Å²) in [7, 11) is -3.24. The molecular formula is C14H22N2O2S. The minimum atomic E-state index is -3.24. The van der Waals surface area contributed by atoms with Crippen LogP contribution in [0.5, 0.6) is 0 Å². The van der Waals surface area contributed by atoms with Gasteiger partial charge in [0, 0.05) is 12.1 Å². The molecule has 1 fully saturated rings. The molecule has 0 radical (unpaired) electrons. The van der Waals surface area contributed by atoms with E-state index in [2.05, 4.69) is 4.72 Å². The molecule has 1 aromatic rings. The van der Waals surface area contributed by atoms with Gasteiger partial charge >= 0.3 is 0 Å². The van der Waals surface area contributed by atoms with Gasteiger partial charge in [-0.3, -0.25) is 0 Å². The fourth-order valence-corrected chi connectivity index (χ4v) is 3.87. The largest absolute Gasteiger partial charge is 0.326 e. The van der Waals surface area contributed by atoms with Crippen LogP contribution in [0, 0.1) is 0 Å². The zero-order chi connectivity index (χ0) is 13.7. The Morgan fingerprint density at radius 2 is 1.84 bits per heavy atom. The third-order valence-corrected chi connectivity index (χ3v) is 5.06. The van der Waals surface area contributed by atoms with Gasteiger partial charge in [0.1, 0.15) is 0 Å². The SMILES string of the molecule is N[C@@H]1CCCC[C@H]1NS(=O)(=O)CCc1ccccc1. The van der Waals surface area contributed by atoms with E-state index in [4.69, 9.17) is 5.73 Å². The third-order valence-electron chi connectivity index (χ3n) is 3.65. The minimum absolute atomic E-state index is 0.0414. The van der Waals surface area contributed by atoms with Crippen molar-refractivity contribution in [2.24, 2.45) is 5.73 Å². The maximum atomic E-state index is 12.1. The summed E-state index contributed by atoms with van der Waals surface area (Å²) in [5.41, 5.74) is 7.01. The van der Waals surface area contributed by atoms with Crippen molar-refractivity contribution in [1.29, 1.82) is 0 Å². The monoisotopic (exact) mass is 282 g/mol. The van der Waals surface area contributed by atoms with Gasteiger partial charge in [-0.15, -0.1) is 0 Å². The van der Waals surface area contributed by atoms with Crippen LogP contribution >= 0.6 is 0 Å². The van der Waals surface area contributed by atoms with E-state index in [9.17, 15) is 8.42 Å². The van der Waals surface area contributed by atoms with Crippen LogP contribution < -0.4 is 10.5 Å². The molecule has 106 valence electrons. The molecule has 1 aliphatic carbocycles. The van der Waals surface area contributed by atoms with Crippen molar-refractivity contribution in [2.45, 2.75) is 44.2 Å². The van der Waals surface area contributed by atoms with Crippen molar-refractivity contribution in [3.05, 3.63) is 35.9 Å². The molecule has 0 saturated heterocycles. The Bertz CT molecular complexity index is 487. The zero-order valence-electron chi connectivity index (χ0n) is 11.1. The number of aryl methyl sites for hydroxylation is 1. The average molecular weight is 282 g/mol. The first-order chi connectivity index (χ1) is 9.07. The van der Waals surface area contributed by atoms with Crippen LogP contribution in [0.15, 0.2) is 30.3 Å². The van der Waals surface area contributed by atoms with Crippen LogP contribution in [-0.2, 0) is 16.4 Å². The molecule has 4 nitrogen and oxygen atoms in total. The number of nitrogens with two attached hydrogens (primary N) is 1. The molecule has 1 saturated carbocycles. The Morgan fingerprint density at radius 1 is 1.16 bits per heavy atom. The predicted octanol–water partition coefficient (Wildman–Crippen LogP) is 1.42. The Morgan fingerprint density at radius 3 is 2.53 bits per heavy atom. The molecule has 0 heterocycles. The van der Waals surface area contributed by atoms with E-state index < -0.39 is 10.0 Å². The van der Waals surface area contributed by atoms with Crippen LogP contribution in [0.4, 0.5) is 0 Å². The smallest absolute Gasteiger partial charge is 0.212 e. The fourth-order valence-electron chi connectivity index (χ4n) is 2.49. The molecule has 0 unspecified atom stereocenters. The average Bonchev–Trinajstić information content (AvgIpc) is 2.40. The van der Waals surface area contributed by atoms with Gasteiger partial charge in [0.25, 0.3) is 0 Å². The van der Waals surface area contributed by atoms with Crippen LogP contribution in [0.3, 0.4) is 0 Å². The Kier molecular flexibility index (Phi) is 4.96. The summed E-state index contributed by atoms with van der Waals surface area (Å²) in [6.45, 7) is 0. The molecule has 0 spiro atoms. The lowest BCUT2D eigenvalue weighted by Gasteiger charge is -2.29. The van der Waals surface area contributed by atoms with Crippen LogP contribution in [0.25, 0.3) is 0 Å². The summed E-state index contributed by atoms with van der Waals surface area (Å²) < 4.78 is 26.9. The molecule has 0 aliphatic heterocycles. The van der Waals surface area contributed by atoms with E-state index in [0.717, 1.165) is 31.2 Å². The maximum absolute atomic E-state index is 12.1. The van der Waals surface area contributed by atoms with Gasteiger partial charge in [0.15, 0.2) is 0 Å². The number of benzene rings is 1. The van der Waals surface area contributed by atoms with Crippen molar-refractivity contribution < 1.29 is 8.42 Å². The van der Waals surface area contributed by atoms with Crippen LogP contribution in [-0.4, -0.2) is 26.3 Å². The zero-order valence-corrected chi connectivity index (χ0v) is 11.9. The minimum Gasteiger partial charge on any atom is -0.326 e. The van der Waals surface area contributed by atoms with E-state index in [0.29, 0.717) is 6.42 Å². The lowest BCUT2D eigenvalue weighted by atomic mass is 9.92. The lowest BCUT2D eigenvalue weighted by Crippen LogP contribution is -2.49. The molecule has 0 bridgehead atoms. The molecule has 1 aliphatic rings. The second kappa shape index (κ2) is 6.50. The molecule has 0 aromatic heterocycles.